The van der Waals surface area contributed by atoms with Crippen molar-refractivity contribution in [2.45, 2.75) is 38.1 Å². The number of carboxylic acid groups (broad SMARTS) is 1. The lowest BCUT2D eigenvalue weighted by molar-refractivity contribution is -0.139. The molecule has 1 aromatic carbocycles. The molecule has 1 aliphatic rings. The Labute approximate surface area is 127 Å². The zero-order chi connectivity index (χ0) is 15.1. The van der Waals surface area contributed by atoms with Crippen LogP contribution in [-0.4, -0.2) is 47.7 Å². The second kappa shape index (κ2) is 7.57. The minimum absolute atomic E-state index is 0.205. The molecule has 0 bridgehead atoms. The van der Waals surface area contributed by atoms with Crippen LogP contribution in [0.2, 0.25) is 0 Å². The summed E-state index contributed by atoms with van der Waals surface area (Å²) in [6.45, 7) is 5.89. The Bertz CT molecular complexity index is 439. The number of nitrogens with one attached hydrogen (secondary N) is 1. The highest BCUT2D eigenvalue weighted by atomic mass is 16.4. The molecule has 1 fully saturated rings. The third-order valence-corrected chi connectivity index (χ3v) is 4.41. The SMILES string of the molecule is CCNC1(CC(=O)O)CCN(CCc2ccccc2)CC1. The normalized spacial score (nSPS) is 18.5. The van der Waals surface area contributed by atoms with Crippen LogP contribution in [0.15, 0.2) is 30.3 Å². The van der Waals surface area contributed by atoms with Crippen molar-refractivity contribution in [2.75, 3.05) is 26.2 Å². The van der Waals surface area contributed by atoms with E-state index < -0.39 is 5.97 Å². The molecule has 4 heteroatoms. The summed E-state index contributed by atoms with van der Waals surface area (Å²) >= 11 is 0. The fraction of sp³-hybridized carbons (Fsp3) is 0.588. The number of hydrogen-bond donors (Lipinski definition) is 2. The first-order valence-electron chi connectivity index (χ1n) is 7.87. The number of carbonyl (C=O) groups is 1. The molecular formula is C17H26N2O2. The second-order valence-electron chi connectivity index (χ2n) is 5.96. The molecule has 0 aliphatic carbocycles. The lowest BCUT2D eigenvalue weighted by Gasteiger charge is -2.41. The van der Waals surface area contributed by atoms with E-state index in [0.717, 1.165) is 45.4 Å². The van der Waals surface area contributed by atoms with Crippen molar-refractivity contribution in [2.24, 2.45) is 0 Å². The van der Waals surface area contributed by atoms with Gasteiger partial charge in [-0.1, -0.05) is 37.3 Å². The van der Waals surface area contributed by atoms with Crippen LogP contribution in [0.5, 0.6) is 0 Å². The van der Waals surface area contributed by atoms with Crippen LogP contribution in [0.1, 0.15) is 31.7 Å². The van der Waals surface area contributed by atoms with Gasteiger partial charge in [0, 0.05) is 12.1 Å². The average Bonchev–Trinajstić information content (AvgIpc) is 2.47. The number of piperidine rings is 1. The summed E-state index contributed by atoms with van der Waals surface area (Å²) in [5.41, 5.74) is 1.16. The third-order valence-electron chi connectivity index (χ3n) is 4.41. The lowest BCUT2D eigenvalue weighted by atomic mass is 9.84. The monoisotopic (exact) mass is 290 g/mol. The molecule has 0 radical (unpaired) electrons. The molecule has 1 aliphatic heterocycles. The molecule has 0 amide bonds. The highest BCUT2D eigenvalue weighted by molar-refractivity contribution is 5.68. The number of nitrogens with zero attached hydrogens (tertiary/aromatic N) is 1. The van der Waals surface area contributed by atoms with E-state index in [1.165, 1.54) is 5.56 Å². The Hall–Kier alpha value is -1.39. The van der Waals surface area contributed by atoms with Crippen LogP contribution in [0.25, 0.3) is 0 Å². The first-order chi connectivity index (χ1) is 10.1. The average molecular weight is 290 g/mol. The minimum Gasteiger partial charge on any atom is -0.481 e. The molecule has 0 unspecified atom stereocenters. The van der Waals surface area contributed by atoms with Crippen molar-refractivity contribution in [3.8, 4) is 0 Å². The van der Waals surface area contributed by atoms with Crippen molar-refractivity contribution >= 4 is 5.97 Å². The van der Waals surface area contributed by atoms with Crippen LogP contribution < -0.4 is 5.32 Å². The highest BCUT2D eigenvalue weighted by Gasteiger charge is 2.35. The molecule has 21 heavy (non-hydrogen) atoms. The molecule has 0 spiro atoms. The van der Waals surface area contributed by atoms with E-state index in [-0.39, 0.29) is 12.0 Å². The van der Waals surface area contributed by atoms with Crippen LogP contribution in [-0.2, 0) is 11.2 Å². The molecule has 1 aromatic rings. The van der Waals surface area contributed by atoms with Crippen molar-refractivity contribution in [3.63, 3.8) is 0 Å². The van der Waals surface area contributed by atoms with Gasteiger partial charge >= 0.3 is 5.97 Å². The van der Waals surface area contributed by atoms with Gasteiger partial charge in [-0.15, -0.1) is 0 Å². The van der Waals surface area contributed by atoms with E-state index in [1.807, 2.05) is 13.0 Å². The molecule has 2 N–H and O–H groups in total. The molecular weight excluding hydrogens is 264 g/mol. The van der Waals surface area contributed by atoms with Crippen molar-refractivity contribution in [1.29, 1.82) is 0 Å². The topological polar surface area (TPSA) is 52.6 Å². The molecule has 0 saturated carbocycles. The predicted molar refractivity (Wildman–Crippen MR) is 84.5 cm³/mol. The van der Waals surface area contributed by atoms with Crippen molar-refractivity contribution < 1.29 is 9.90 Å². The van der Waals surface area contributed by atoms with Crippen LogP contribution in [0.3, 0.4) is 0 Å². The molecule has 116 valence electrons. The molecule has 0 aromatic heterocycles. The van der Waals surface area contributed by atoms with Gasteiger partial charge in [-0.25, -0.2) is 0 Å². The number of likely N-dealkylation sites (tertiary alicyclic amines) is 1. The maximum absolute atomic E-state index is 11.1. The lowest BCUT2D eigenvalue weighted by Crippen LogP contribution is -2.54. The summed E-state index contributed by atoms with van der Waals surface area (Å²) in [4.78, 5) is 13.5. The molecule has 1 heterocycles. The summed E-state index contributed by atoms with van der Waals surface area (Å²) < 4.78 is 0. The number of aliphatic carboxylic acids is 1. The number of rotatable bonds is 7. The van der Waals surface area contributed by atoms with E-state index in [2.05, 4.69) is 34.5 Å². The maximum Gasteiger partial charge on any atom is 0.305 e. The molecule has 1 saturated heterocycles. The van der Waals surface area contributed by atoms with E-state index in [0.29, 0.717) is 0 Å². The van der Waals surface area contributed by atoms with Gasteiger partial charge in [0.25, 0.3) is 0 Å². The number of carboxylic acids is 1. The minimum atomic E-state index is -0.700. The van der Waals surface area contributed by atoms with Gasteiger partial charge in [0.15, 0.2) is 0 Å². The Kier molecular flexibility index (Phi) is 5.76. The summed E-state index contributed by atoms with van der Waals surface area (Å²) in [5.74, 6) is -0.700. The standard InChI is InChI=1S/C17H26N2O2/c1-2-18-17(14-16(20)21)9-12-19(13-10-17)11-8-15-6-4-3-5-7-15/h3-7,18H,2,8-14H2,1H3,(H,20,21). The van der Waals surface area contributed by atoms with Crippen molar-refractivity contribution in [1.82, 2.24) is 10.2 Å². The summed E-state index contributed by atoms with van der Waals surface area (Å²) in [5, 5.41) is 12.5. The fourth-order valence-electron chi connectivity index (χ4n) is 3.22. The van der Waals surface area contributed by atoms with Gasteiger partial charge in [-0.05, 0) is 44.5 Å². The number of hydrogen-bond acceptors (Lipinski definition) is 3. The van der Waals surface area contributed by atoms with Gasteiger partial charge < -0.3 is 15.3 Å². The predicted octanol–water partition coefficient (Wildman–Crippen LogP) is 2.15. The highest BCUT2D eigenvalue weighted by Crippen LogP contribution is 2.26. The van der Waals surface area contributed by atoms with Gasteiger partial charge in [0.2, 0.25) is 0 Å². The summed E-state index contributed by atoms with van der Waals surface area (Å²) in [6.07, 6.45) is 3.13. The quantitative estimate of drug-likeness (QED) is 0.808. The largest absolute Gasteiger partial charge is 0.481 e. The summed E-state index contributed by atoms with van der Waals surface area (Å²) in [7, 11) is 0. The smallest absolute Gasteiger partial charge is 0.305 e. The maximum atomic E-state index is 11.1. The zero-order valence-electron chi connectivity index (χ0n) is 12.8. The molecule has 4 nitrogen and oxygen atoms in total. The van der Waals surface area contributed by atoms with E-state index in [9.17, 15) is 4.79 Å². The van der Waals surface area contributed by atoms with E-state index in [1.54, 1.807) is 0 Å². The van der Waals surface area contributed by atoms with Crippen LogP contribution in [0.4, 0.5) is 0 Å². The van der Waals surface area contributed by atoms with Crippen LogP contribution >= 0.6 is 0 Å². The fourth-order valence-corrected chi connectivity index (χ4v) is 3.22. The third kappa shape index (κ3) is 4.83. The Morgan fingerprint density at radius 3 is 2.52 bits per heavy atom. The van der Waals surface area contributed by atoms with Gasteiger partial charge in [0.05, 0.1) is 6.42 Å². The van der Waals surface area contributed by atoms with E-state index in [4.69, 9.17) is 5.11 Å². The van der Waals surface area contributed by atoms with Gasteiger partial charge in [0.1, 0.15) is 0 Å². The molecule has 0 atom stereocenters. The zero-order valence-corrected chi connectivity index (χ0v) is 12.8. The van der Waals surface area contributed by atoms with Gasteiger partial charge in [-0.3, -0.25) is 4.79 Å². The van der Waals surface area contributed by atoms with Crippen molar-refractivity contribution in [3.05, 3.63) is 35.9 Å². The number of benzene rings is 1. The Morgan fingerprint density at radius 1 is 1.29 bits per heavy atom. The van der Waals surface area contributed by atoms with Crippen LogP contribution in [0, 0.1) is 0 Å². The summed E-state index contributed by atoms with van der Waals surface area (Å²) in [6, 6.07) is 10.5. The van der Waals surface area contributed by atoms with E-state index >= 15 is 0 Å². The van der Waals surface area contributed by atoms with Gasteiger partial charge in [-0.2, -0.15) is 0 Å². The Balaban J connectivity index is 1.82. The first-order valence-corrected chi connectivity index (χ1v) is 7.87. The Morgan fingerprint density at radius 2 is 1.95 bits per heavy atom. The first kappa shape index (κ1) is 16.0. The second-order valence-corrected chi connectivity index (χ2v) is 5.96. The molecule has 2 rings (SSSR count).